The van der Waals surface area contributed by atoms with E-state index in [-0.39, 0.29) is 17.1 Å². The molecule has 10 heteroatoms. The topological polar surface area (TPSA) is 93.8 Å². The summed E-state index contributed by atoms with van der Waals surface area (Å²) in [5.74, 6) is -0.275. The standard InChI is InChI=1S/C18H22F3N2O4P/c1-3-12(2)27-28(24,25)11-23-16-10-17(26-13-7-5-4-6-8-13)14(9-15(16)22)18(19,20)21/h4-10,12,23H,3,11,22H2,1-2H3,(H,24,25). The van der Waals surface area contributed by atoms with Gasteiger partial charge in [-0.15, -0.1) is 0 Å². The van der Waals surface area contributed by atoms with Gasteiger partial charge in [0, 0.05) is 6.07 Å². The number of benzene rings is 2. The highest BCUT2D eigenvalue weighted by Crippen LogP contribution is 2.45. The number of para-hydroxylation sites is 1. The van der Waals surface area contributed by atoms with Crippen molar-refractivity contribution in [3.8, 4) is 11.5 Å². The second-order valence-corrected chi connectivity index (χ2v) is 7.95. The number of ether oxygens (including phenoxy) is 1. The molecule has 0 saturated heterocycles. The summed E-state index contributed by atoms with van der Waals surface area (Å²) >= 11 is 0. The molecule has 0 aromatic heterocycles. The molecule has 6 nitrogen and oxygen atoms in total. The molecule has 2 aromatic rings. The fraction of sp³-hybridized carbons (Fsp3) is 0.333. The maximum Gasteiger partial charge on any atom is 0.420 e. The first-order valence-corrected chi connectivity index (χ1v) is 10.3. The summed E-state index contributed by atoms with van der Waals surface area (Å²) in [5.41, 5.74) is 4.44. The number of hydrogen-bond acceptors (Lipinski definition) is 5. The minimum atomic E-state index is -4.69. The van der Waals surface area contributed by atoms with Gasteiger partial charge in [0.1, 0.15) is 23.3 Å². The molecule has 0 fully saturated rings. The second-order valence-electron chi connectivity index (χ2n) is 6.15. The molecule has 0 aliphatic carbocycles. The van der Waals surface area contributed by atoms with Crippen molar-refractivity contribution in [2.45, 2.75) is 32.5 Å². The Morgan fingerprint density at radius 1 is 1.25 bits per heavy atom. The van der Waals surface area contributed by atoms with Gasteiger partial charge in [-0.25, -0.2) is 0 Å². The van der Waals surface area contributed by atoms with Gasteiger partial charge in [-0.1, -0.05) is 25.1 Å². The lowest BCUT2D eigenvalue weighted by atomic mass is 10.1. The van der Waals surface area contributed by atoms with Crippen LogP contribution in [0.4, 0.5) is 24.5 Å². The first kappa shape index (κ1) is 22.1. The van der Waals surface area contributed by atoms with E-state index in [4.69, 9.17) is 15.0 Å². The predicted molar refractivity (Wildman–Crippen MR) is 102 cm³/mol. The van der Waals surface area contributed by atoms with Crippen molar-refractivity contribution >= 4 is 19.0 Å². The van der Waals surface area contributed by atoms with E-state index in [1.165, 1.54) is 12.1 Å². The van der Waals surface area contributed by atoms with Crippen LogP contribution in [-0.4, -0.2) is 17.3 Å². The molecule has 0 spiro atoms. The highest BCUT2D eigenvalue weighted by Gasteiger charge is 2.35. The lowest BCUT2D eigenvalue weighted by Gasteiger charge is -2.20. The maximum absolute atomic E-state index is 13.4. The van der Waals surface area contributed by atoms with Gasteiger partial charge >= 0.3 is 13.8 Å². The van der Waals surface area contributed by atoms with E-state index in [2.05, 4.69) is 5.32 Å². The Hall–Kier alpha value is -2.22. The van der Waals surface area contributed by atoms with Crippen molar-refractivity contribution in [1.82, 2.24) is 0 Å². The largest absolute Gasteiger partial charge is 0.457 e. The first-order chi connectivity index (χ1) is 13.0. The highest BCUT2D eigenvalue weighted by atomic mass is 31.2. The Morgan fingerprint density at radius 2 is 1.89 bits per heavy atom. The van der Waals surface area contributed by atoms with E-state index in [0.29, 0.717) is 6.42 Å². The Balaban J connectivity index is 2.30. The molecule has 154 valence electrons. The van der Waals surface area contributed by atoms with Gasteiger partial charge in [-0.3, -0.25) is 4.57 Å². The molecule has 0 heterocycles. The third-order valence-electron chi connectivity index (χ3n) is 3.82. The monoisotopic (exact) mass is 418 g/mol. The van der Waals surface area contributed by atoms with Gasteiger partial charge in [-0.05, 0) is 31.5 Å². The van der Waals surface area contributed by atoms with Crippen LogP contribution in [0.3, 0.4) is 0 Å². The van der Waals surface area contributed by atoms with Crippen molar-refractivity contribution in [3.63, 3.8) is 0 Å². The minimum absolute atomic E-state index is 0.0287. The normalized spacial score (nSPS) is 14.9. The van der Waals surface area contributed by atoms with E-state index < -0.39 is 37.5 Å². The van der Waals surface area contributed by atoms with Gasteiger partial charge in [0.05, 0.1) is 17.5 Å². The van der Waals surface area contributed by atoms with Crippen molar-refractivity contribution in [3.05, 3.63) is 48.0 Å². The zero-order valence-corrected chi connectivity index (χ0v) is 16.3. The molecule has 2 aromatic carbocycles. The van der Waals surface area contributed by atoms with Gasteiger partial charge < -0.3 is 25.2 Å². The molecule has 0 saturated carbocycles. The van der Waals surface area contributed by atoms with Crippen molar-refractivity contribution in [1.29, 1.82) is 0 Å². The van der Waals surface area contributed by atoms with E-state index in [9.17, 15) is 22.6 Å². The van der Waals surface area contributed by atoms with Gasteiger partial charge in [-0.2, -0.15) is 13.2 Å². The van der Waals surface area contributed by atoms with Crippen LogP contribution in [0.15, 0.2) is 42.5 Å². The number of halogens is 3. The van der Waals surface area contributed by atoms with Crippen LogP contribution in [0.1, 0.15) is 25.8 Å². The average Bonchev–Trinajstić information content (AvgIpc) is 2.61. The number of anilines is 2. The summed E-state index contributed by atoms with van der Waals surface area (Å²) in [7, 11) is -4.01. The number of nitrogens with one attached hydrogen (secondary N) is 1. The highest BCUT2D eigenvalue weighted by molar-refractivity contribution is 7.52. The molecule has 0 bridgehead atoms. The maximum atomic E-state index is 13.4. The number of nitrogens with two attached hydrogens (primary N) is 1. The molecule has 4 N–H and O–H groups in total. The Kier molecular flexibility index (Phi) is 6.98. The molecule has 2 atom stereocenters. The molecule has 0 radical (unpaired) electrons. The van der Waals surface area contributed by atoms with E-state index in [1.807, 2.05) is 0 Å². The molecule has 0 aliphatic heterocycles. The summed E-state index contributed by atoms with van der Waals surface area (Å²) in [6.07, 6.45) is -5.12. The number of rotatable bonds is 8. The predicted octanol–water partition coefficient (Wildman–Crippen LogP) is 5.45. The summed E-state index contributed by atoms with van der Waals surface area (Å²) < 4.78 is 62.6. The molecule has 28 heavy (non-hydrogen) atoms. The zero-order valence-electron chi connectivity index (χ0n) is 15.4. The minimum Gasteiger partial charge on any atom is -0.457 e. The van der Waals surface area contributed by atoms with Crippen LogP contribution < -0.4 is 15.8 Å². The quantitative estimate of drug-likeness (QED) is 0.390. The molecular formula is C18H22F3N2O4P. The van der Waals surface area contributed by atoms with Crippen molar-refractivity contribution in [2.24, 2.45) is 0 Å². The molecule has 0 amide bonds. The Labute approximate surface area is 161 Å². The SMILES string of the molecule is CCC(C)OP(=O)(O)CNc1cc(Oc2ccccc2)c(C(F)(F)F)cc1N. The fourth-order valence-corrected chi connectivity index (χ4v) is 3.41. The third kappa shape index (κ3) is 6.15. The first-order valence-electron chi connectivity index (χ1n) is 8.49. The summed E-state index contributed by atoms with van der Waals surface area (Å²) in [6.45, 7) is 3.43. The van der Waals surface area contributed by atoms with Crippen LogP contribution in [0.2, 0.25) is 0 Å². The lowest BCUT2D eigenvalue weighted by molar-refractivity contribution is -0.138. The number of alkyl halides is 3. The fourth-order valence-electron chi connectivity index (χ4n) is 2.25. The van der Waals surface area contributed by atoms with E-state index >= 15 is 0 Å². The van der Waals surface area contributed by atoms with Gasteiger partial charge in [0.2, 0.25) is 0 Å². The van der Waals surface area contributed by atoms with Gasteiger partial charge in [0.25, 0.3) is 0 Å². The van der Waals surface area contributed by atoms with Crippen LogP contribution in [-0.2, 0) is 15.3 Å². The molecule has 2 rings (SSSR count). The third-order valence-corrected chi connectivity index (χ3v) is 5.06. The Morgan fingerprint density at radius 3 is 2.46 bits per heavy atom. The van der Waals surface area contributed by atoms with Crippen molar-refractivity contribution in [2.75, 3.05) is 17.3 Å². The Bertz CT molecular complexity index is 847. The zero-order chi connectivity index (χ0) is 20.9. The number of nitrogen functional groups attached to an aromatic ring is 1. The summed E-state index contributed by atoms with van der Waals surface area (Å²) in [6, 6.07) is 9.72. The van der Waals surface area contributed by atoms with Crippen LogP contribution in [0.25, 0.3) is 0 Å². The molecule has 0 aliphatic rings. The molecule has 2 unspecified atom stereocenters. The average molecular weight is 418 g/mol. The van der Waals surface area contributed by atoms with E-state index in [0.717, 1.165) is 12.1 Å². The van der Waals surface area contributed by atoms with Gasteiger partial charge in [0.15, 0.2) is 0 Å². The lowest BCUT2D eigenvalue weighted by Crippen LogP contribution is -2.13. The van der Waals surface area contributed by atoms with Crippen LogP contribution in [0, 0.1) is 0 Å². The second kappa shape index (κ2) is 8.86. The van der Waals surface area contributed by atoms with Crippen LogP contribution in [0.5, 0.6) is 11.5 Å². The van der Waals surface area contributed by atoms with Crippen molar-refractivity contribution < 1.29 is 31.9 Å². The van der Waals surface area contributed by atoms with Crippen LogP contribution >= 0.6 is 7.60 Å². The number of hydrogen-bond donors (Lipinski definition) is 3. The summed E-state index contributed by atoms with van der Waals surface area (Å²) in [4.78, 5) is 9.88. The molecular weight excluding hydrogens is 396 g/mol. The smallest absolute Gasteiger partial charge is 0.420 e. The summed E-state index contributed by atoms with van der Waals surface area (Å²) in [5, 5.41) is 2.58. The van der Waals surface area contributed by atoms with E-state index in [1.54, 1.807) is 32.0 Å².